The highest BCUT2D eigenvalue weighted by atomic mass is 32.2. The summed E-state index contributed by atoms with van der Waals surface area (Å²) in [5.41, 5.74) is 5.94. The highest BCUT2D eigenvalue weighted by Crippen LogP contribution is 2.40. The minimum absolute atomic E-state index is 0.0210. The Kier molecular flexibility index (Phi) is 18.4. The number of ether oxygens (including phenoxy) is 3. The molecule has 1 aliphatic carbocycles. The summed E-state index contributed by atoms with van der Waals surface area (Å²) in [6, 6.07) is 32.1. The summed E-state index contributed by atoms with van der Waals surface area (Å²) in [5.74, 6) is -0.542. The van der Waals surface area contributed by atoms with E-state index in [4.69, 9.17) is 14.2 Å². The zero-order valence-corrected chi connectivity index (χ0v) is 44.8. The van der Waals surface area contributed by atoms with Gasteiger partial charge in [0, 0.05) is 79.3 Å². The normalized spacial score (nSPS) is 17.1. The van der Waals surface area contributed by atoms with Gasteiger partial charge in [0.1, 0.15) is 18.1 Å². The third kappa shape index (κ3) is 14.2. The standard InChI is InChI=1S/C57H57N11O9S2/c1-68-52(69)31-48(53(68)43-8-5-20-59-33-43)56(72)62-23-25-76-27-26-75-24-22-61-54(70)40-13-9-37(10-14-40)38-11-15-41(16-12-38)55(71)64-34-45-28-42(19-21-60-45)47-30-49(39-6-3-2-4-7-39)63-35-51(47)77-50-18-17-46(29-44(50)32-58)79(73,74)67-57-65-36-66-78-57/h2-10,13-14,17-21,28-30,33,35-36,38,41,48,53H,11-12,15-16,22-27,31,34H2,1H3,(H,61,70)(H,62,72)(H,64,71)(H,65,66,67)/t38?,41?,48-,53+/m0/s1. The molecule has 79 heavy (non-hydrogen) atoms. The molecule has 2 atom stereocenters. The van der Waals surface area contributed by atoms with E-state index >= 15 is 0 Å². The Morgan fingerprint density at radius 2 is 1.53 bits per heavy atom. The van der Waals surface area contributed by atoms with Crippen LogP contribution in [0.5, 0.6) is 11.5 Å². The number of benzene rings is 3. The molecule has 7 aromatic rings. The van der Waals surface area contributed by atoms with Crippen molar-refractivity contribution in [2.45, 2.75) is 55.5 Å². The number of anilines is 1. The van der Waals surface area contributed by atoms with Gasteiger partial charge in [0.05, 0.1) is 73.0 Å². The molecule has 0 radical (unpaired) electrons. The van der Waals surface area contributed by atoms with Gasteiger partial charge in [-0.1, -0.05) is 48.5 Å². The number of aromatic nitrogens is 5. The zero-order valence-electron chi connectivity index (χ0n) is 43.1. The summed E-state index contributed by atoms with van der Waals surface area (Å²) in [5, 5.41) is 19.0. The summed E-state index contributed by atoms with van der Waals surface area (Å²) in [6.07, 6.45) is 11.0. The van der Waals surface area contributed by atoms with Crippen molar-refractivity contribution >= 4 is 50.3 Å². The Bertz CT molecular complexity index is 3400. The van der Waals surface area contributed by atoms with E-state index in [0.717, 1.165) is 41.1 Å². The van der Waals surface area contributed by atoms with Crippen LogP contribution >= 0.6 is 11.5 Å². The van der Waals surface area contributed by atoms with Crippen molar-refractivity contribution in [2.24, 2.45) is 11.8 Å². The molecule has 1 saturated heterocycles. The Hall–Kier alpha value is -8.49. The van der Waals surface area contributed by atoms with Crippen molar-refractivity contribution in [1.82, 2.24) is 45.2 Å². The van der Waals surface area contributed by atoms with E-state index in [0.29, 0.717) is 79.6 Å². The first-order valence-corrected chi connectivity index (χ1v) is 28.0. The number of nitrogens with zero attached hydrogens (tertiary/aromatic N) is 7. The van der Waals surface area contributed by atoms with Gasteiger partial charge in [0.25, 0.3) is 15.9 Å². The summed E-state index contributed by atoms with van der Waals surface area (Å²) in [4.78, 5) is 70.5. The van der Waals surface area contributed by atoms with Crippen molar-refractivity contribution in [3.05, 3.63) is 162 Å². The highest BCUT2D eigenvalue weighted by Gasteiger charge is 2.42. The number of nitriles is 1. The second kappa shape index (κ2) is 26.2. The lowest BCUT2D eigenvalue weighted by molar-refractivity contribution is -0.128. The molecule has 4 aromatic heterocycles. The third-order valence-electron chi connectivity index (χ3n) is 13.8. The van der Waals surface area contributed by atoms with E-state index in [1.165, 1.54) is 24.5 Å². The Labute approximate surface area is 461 Å². The predicted octanol–water partition coefficient (Wildman–Crippen LogP) is 7.21. The van der Waals surface area contributed by atoms with Gasteiger partial charge < -0.3 is 35.1 Å². The van der Waals surface area contributed by atoms with Crippen molar-refractivity contribution < 1.29 is 41.8 Å². The van der Waals surface area contributed by atoms with E-state index in [9.17, 15) is 32.9 Å². The molecule has 1 saturated carbocycles. The first-order valence-electron chi connectivity index (χ1n) is 25.7. The monoisotopic (exact) mass is 1100 g/mol. The molecule has 406 valence electrons. The molecular formula is C57H57N11O9S2. The Morgan fingerprint density at radius 3 is 2.25 bits per heavy atom. The number of hydrogen-bond acceptors (Lipinski definition) is 16. The molecule has 2 fully saturated rings. The average Bonchev–Trinajstić information content (AvgIpc) is 4.22. The van der Waals surface area contributed by atoms with E-state index in [1.54, 1.807) is 42.8 Å². The van der Waals surface area contributed by atoms with Crippen molar-refractivity contribution in [3.63, 3.8) is 0 Å². The van der Waals surface area contributed by atoms with Gasteiger partial charge in [-0.05, 0) is 103 Å². The SMILES string of the molecule is CN1C(=O)C[C@H](C(=O)NCCOCCOCCNC(=O)c2ccc(C3CCC(C(=O)NCc4cc(-c5cc(-c6ccccc6)ncc5Oc5ccc(S(=O)(=O)Nc6ncns6)cc5C#N)ccn4)CC3)cc2)[C@H]1c1cccnc1. The Morgan fingerprint density at radius 1 is 0.759 bits per heavy atom. The van der Waals surface area contributed by atoms with Crippen LogP contribution in [0.4, 0.5) is 5.13 Å². The Balaban J connectivity index is 0.704. The number of nitrogens with one attached hydrogen (secondary N) is 4. The zero-order chi connectivity index (χ0) is 55.1. The number of hydrogen-bond donors (Lipinski definition) is 4. The molecule has 9 rings (SSSR count). The topological polar surface area (TPSA) is 270 Å². The lowest BCUT2D eigenvalue weighted by atomic mass is 9.78. The predicted molar refractivity (Wildman–Crippen MR) is 293 cm³/mol. The fourth-order valence-corrected chi connectivity index (χ4v) is 11.4. The van der Waals surface area contributed by atoms with Crippen molar-refractivity contribution in [1.29, 1.82) is 5.26 Å². The molecule has 1 aliphatic heterocycles. The highest BCUT2D eigenvalue weighted by molar-refractivity contribution is 7.93. The van der Waals surface area contributed by atoms with E-state index in [-0.39, 0.29) is 82.4 Å². The maximum absolute atomic E-state index is 13.6. The molecule has 0 spiro atoms. The summed E-state index contributed by atoms with van der Waals surface area (Å²) in [7, 11) is -2.37. The smallest absolute Gasteiger partial charge is 0.263 e. The minimum atomic E-state index is -4.07. The van der Waals surface area contributed by atoms with Crippen LogP contribution in [0.3, 0.4) is 0 Å². The van der Waals surface area contributed by atoms with Crippen LogP contribution < -0.4 is 25.4 Å². The largest absolute Gasteiger partial charge is 0.454 e. The van der Waals surface area contributed by atoms with Crippen LogP contribution in [0.1, 0.15) is 76.8 Å². The number of pyridine rings is 3. The minimum Gasteiger partial charge on any atom is -0.454 e. The number of amides is 4. The molecule has 0 bridgehead atoms. The van der Waals surface area contributed by atoms with Gasteiger partial charge in [-0.15, -0.1) is 0 Å². The van der Waals surface area contributed by atoms with Gasteiger partial charge in [0.15, 0.2) is 5.75 Å². The van der Waals surface area contributed by atoms with Gasteiger partial charge in [-0.3, -0.25) is 38.9 Å². The van der Waals surface area contributed by atoms with Crippen LogP contribution in [0.25, 0.3) is 22.4 Å². The summed E-state index contributed by atoms with van der Waals surface area (Å²) >= 11 is 0.880. The lowest BCUT2D eigenvalue weighted by Gasteiger charge is -2.28. The van der Waals surface area contributed by atoms with Crippen molar-refractivity contribution in [2.75, 3.05) is 51.3 Å². The fraction of sp³-hybridized carbons (Fsp3) is 0.298. The second-order valence-electron chi connectivity index (χ2n) is 18.9. The molecule has 5 heterocycles. The number of carbonyl (C=O) groups is 4. The molecule has 2 aliphatic rings. The van der Waals surface area contributed by atoms with Gasteiger partial charge in [-0.2, -0.15) is 9.64 Å². The molecule has 4 N–H and O–H groups in total. The summed E-state index contributed by atoms with van der Waals surface area (Å²) in [6.45, 7) is 2.02. The quantitative estimate of drug-likeness (QED) is 0.0461. The third-order valence-corrected chi connectivity index (χ3v) is 15.9. The molecular weight excluding hydrogens is 1050 g/mol. The van der Waals surface area contributed by atoms with E-state index in [1.807, 2.05) is 84.9 Å². The van der Waals surface area contributed by atoms with Crippen LogP contribution in [-0.4, -0.2) is 108 Å². The van der Waals surface area contributed by atoms with E-state index in [2.05, 4.69) is 45.0 Å². The number of likely N-dealkylation sites (tertiary alicyclic amines) is 1. The molecule has 0 unspecified atom stereocenters. The fourth-order valence-electron chi connectivity index (χ4n) is 9.69. The van der Waals surface area contributed by atoms with Gasteiger partial charge in [0.2, 0.25) is 22.9 Å². The molecule has 20 nitrogen and oxygen atoms in total. The lowest BCUT2D eigenvalue weighted by Crippen LogP contribution is -2.36. The van der Waals surface area contributed by atoms with Crippen LogP contribution in [0, 0.1) is 23.2 Å². The van der Waals surface area contributed by atoms with Crippen LogP contribution in [0.2, 0.25) is 0 Å². The van der Waals surface area contributed by atoms with Crippen molar-refractivity contribution in [3.8, 4) is 40.0 Å². The first-order chi connectivity index (χ1) is 38.4. The number of sulfonamides is 1. The van der Waals surface area contributed by atoms with Crippen LogP contribution in [-0.2, 0) is 40.4 Å². The van der Waals surface area contributed by atoms with Gasteiger partial charge in [-0.25, -0.2) is 13.4 Å². The first kappa shape index (κ1) is 55.3. The number of rotatable bonds is 23. The summed E-state index contributed by atoms with van der Waals surface area (Å²) < 4.78 is 49.9. The van der Waals surface area contributed by atoms with Gasteiger partial charge >= 0.3 is 0 Å². The van der Waals surface area contributed by atoms with Crippen LogP contribution in [0.15, 0.2) is 139 Å². The maximum atomic E-state index is 13.6. The number of carbonyl (C=O) groups excluding carboxylic acids is 4. The molecule has 3 aromatic carbocycles. The second-order valence-corrected chi connectivity index (χ2v) is 21.4. The average molecular weight is 1100 g/mol. The molecule has 4 amide bonds. The molecule has 22 heteroatoms. The maximum Gasteiger partial charge on any atom is 0.263 e. The van der Waals surface area contributed by atoms with E-state index < -0.39 is 15.9 Å².